The number of alkyl halides is 3. The van der Waals surface area contributed by atoms with Gasteiger partial charge in [0, 0.05) is 26.2 Å². The fraction of sp³-hybridized carbons (Fsp3) is 0.562. The van der Waals surface area contributed by atoms with Gasteiger partial charge >= 0.3 is 6.18 Å². The third-order valence-corrected chi connectivity index (χ3v) is 4.00. The van der Waals surface area contributed by atoms with Crippen LogP contribution in [-0.2, 0) is 4.79 Å². The maximum Gasteiger partial charge on any atom is 0.401 e. The van der Waals surface area contributed by atoms with Crippen LogP contribution in [0.4, 0.5) is 17.6 Å². The first-order valence-corrected chi connectivity index (χ1v) is 7.67. The molecule has 1 atom stereocenters. The van der Waals surface area contributed by atoms with Crippen molar-refractivity contribution in [2.45, 2.75) is 12.2 Å². The highest BCUT2D eigenvalue weighted by Crippen LogP contribution is 2.23. The van der Waals surface area contributed by atoms with Gasteiger partial charge in [-0.1, -0.05) is 12.1 Å². The molecular weight excluding hydrogens is 326 g/mol. The topological polar surface area (TPSA) is 26.8 Å². The zero-order valence-electron chi connectivity index (χ0n) is 13.7. The minimum atomic E-state index is -4.24. The molecule has 1 amide bonds. The highest BCUT2D eigenvalue weighted by Gasteiger charge is 2.34. The van der Waals surface area contributed by atoms with Crippen molar-refractivity contribution in [1.82, 2.24) is 14.7 Å². The Morgan fingerprint density at radius 1 is 1.21 bits per heavy atom. The fourth-order valence-corrected chi connectivity index (χ4v) is 2.89. The maximum absolute atomic E-state index is 13.4. The van der Waals surface area contributed by atoms with Crippen LogP contribution in [0.15, 0.2) is 24.3 Å². The molecule has 1 fully saturated rings. The van der Waals surface area contributed by atoms with Crippen molar-refractivity contribution in [1.29, 1.82) is 0 Å². The van der Waals surface area contributed by atoms with Crippen molar-refractivity contribution in [3.8, 4) is 0 Å². The molecule has 1 aromatic rings. The summed E-state index contributed by atoms with van der Waals surface area (Å²) in [6.45, 7) is -0.151. The molecule has 134 valence electrons. The lowest BCUT2D eigenvalue weighted by atomic mass is 10.0. The number of amides is 1. The second-order valence-corrected chi connectivity index (χ2v) is 6.14. The van der Waals surface area contributed by atoms with E-state index >= 15 is 0 Å². The summed E-state index contributed by atoms with van der Waals surface area (Å²) in [4.78, 5) is 17.3. The number of hydrogen-bond donors (Lipinski definition) is 0. The largest absolute Gasteiger partial charge is 0.401 e. The van der Waals surface area contributed by atoms with Gasteiger partial charge in [-0.25, -0.2) is 4.39 Å². The van der Waals surface area contributed by atoms with Crippen molar-refractivity contribution in [2.75, 3.05) is 46.8 Å². The minimum absolute atomic E-state index is 0.175. The molecule has 4 nitrogen and oxygen atoms in total. The number of benzene rings is 1. The van der Waals surface area contributed by atoms with E-state index in [1.54, 1.807) is 30.0 Å². The van der Waals surface area contributed by atoms with Crippen LogP contribution in [0.1, 0.15) is 11.6 Å². The predicted octanol–water partition coefficient (Wildman–Crippen LogP) is 2.13. The minimum Gasteiger partial charge on any atom is -0.338 e. The van der Waals surface area contributed by atoms with Crippen molar-refractivity contribution >= 4 is 5.91 Å². The van der Waals surface area contributed by atoms with Crippen LogP contribution < -0.4 is 0 Å². The number of halogens is 4. The monoisotopic (exact) mass is 347 g/mol. The summed E-state index contributed by atoms with van der Waals surface area (Å²) in [5, 5.41) is 0. The van der Waals surface area contributed by atoms with E-state index in [0.717, 1.165) is 0 Å². The van der Waals surface area contributed by atoms with Crippen molar-refractivity contribution in [3.63, 3.8) is 0 Å². The van der Waals surface area contributed by atoms with E-state index in [1.165, 1.54) is 23.1 Å². The van der Waals surface area contributed by atoms with Crippen LogP contribution in [0, 0.1) is 5.82 Å². The second-order valence-electron chi connectivity index (χ2n) is 6.14. The van der Waals surface area contributed by atoms with Gasteiger partial charge in [0.15, 0.2) is 0 Å². The van der Waals surface area contributed by atoms with E-state index in [-0.39, 0.29) is 32.1 Å². The summed E-state index contributed by atoms with van der Waals surface area (Å²) in [7, 11) is 3.43. The van der Waals surface area contributed by atoms with E-state index in [9.17, 15) is 22.4 Å². The molecule has 1 saturated heterocycles. The maximum atomic E-state index is 13.4. The van der Waals surface area contributed by atoms with Crippen molar-refractivity contribution in [3.05, 3.63) is 35.6 Å². The van der Waals surface area contributed by atoms with Gasteiger partial charge in [-0.3, -0.25) is 14.6 Å². The van der Waals surface area contributed by atoms with Gasteiger partial charge < -0.3 is 4.90 Å². The van der Waals surface area contributed by atoms with E-state index in [2.05, 4.69) is 0 Å². The molecule has 2 rings (SSSR count). The first-order chi connectivity index (χ1) is 11.2. The Hall–Kier alpha value is -1.67. The lowest BCUT2D eigenvalue weighted by Gasteiger charge is -2.37. The average Bonchev–Trinajstić information content (AvgIpc) is 2.46. The lowest BCUT2D eigenvalue weighted by Crippen LogP contribution is -2.53. The molecule has 1 unspecified atom stereocenters. The number of nitrogens with zero attached hydrogens (tertiary/aromatic N) is 3. The molecule has 0 saturated carbocycles. The molecule has 0 aromatic heterocycles. The normalized spacial score (nSPS) is 18.0. The molecular formula is C16H21F4N3O. The lowest BCUT2D eigenvalue weighted by molar-refractivity contribution is -0.153. The van der Waals surface area contributed by atoms with Crippen molar-refractivity contribution in [2.24, 2.45) is 0 Å². The smallest absolute Gasteiger partial charge is 0.338 e. The molecule has 1 aromatic carbocycles. The van der Waals surface area contributed by atoms with Crippen LogP contribution in [-0.4, -0.2) is 73.6 Å². The summed E-state index contributed by atoms with van der Waals surface area (Å²) in [5.41, 5.74) is 0.530. The molecule has 0 spiro atoms. The second kappa shape index (κ2) is 7.48. The van der Waals surface area contributed by atoms with Gasteiger partial charge in [0.1, 0.15) is 11.9 Å². The number of likely N-dealkylation sites (N-methyl/N-ethyl adjacent to an activating group) is 1. The third kappa shape index (κ3) is 4.91. The highest BCUT2D eigenvalue weighted by molar-refractivity contribution is 5.83. The molecule has 1 aliphatic heterocycles. The van der Waals surface area contributed by atoms with Gasteiger partial charge in [0.25, 0.3) is 0 Å². The Balaban J connectivity index is 2.04. The number of carbonyl (C=O) groups is 1. The molecule has 0 radical (unpaired) electrons. The Kier molecular flexibility index (Phi) is 5.82. The zero-order chi connectivity index (χ0) is 17.9. The Morgan fingerprint density at radius 2 is 1.83 bits per heavy atom. The quantitative estimate of drug-likeness (QED) is 0.781. The van der Waals surface area contributed by atoms with Gasteiger partial charge in [-0.2, -0.15) is 13.2 Å². The molecule has 0 aliphatic carbocycles. The summed E-state index contributed by atoms with van der Waals surface area (Å²) in [6, 6.07) is 5.16. The van der Waals surface area contributed by atoms with Crippen molar-refractivity contribution < 1.29 is 22.4 Å². The number of carbonyl (C=O) groups excluding carboxylic acids is 1. The molecule has 0 N–H and O–H groups in total. The molecule has 1 aliphatic rings. The van der Waals surface area contributed by atoms with Gasteiger partial charge in [-0.05, 0) is 31.8 Å². The Bertz CT molecular complexity index is 569. The van der Waals surface area contributed by atoms with Crippen LogP contribution in [0.2, 0.25) is 0 Å². The van der Waals surface area contributed by atoms with Gasteiger partial charge in [0.2, 0.25) is 5.91 Å². The first kappa shape index (κ1) is 18.7. The summed E-state index contributed by atoms with van der Waals surface area (Å²) in [5.74, 6) is -0.653. The van der Waals surface area contributed by atoms with Crippen LogP contribution >= 0.6 is 0 Å². The van der Waals surface area contributed by atoms with Crippen LogP contribution in [0.25, 0.3) is 0 Å². The van der Waals surface area contributed by atoms with Gasteiger partial charge in [0.05, 0.1) is 6.54 Å². The number of piperazine rings is 1. The zero-order valence-corrected chi connectivity index (χ0v) is 13.7. The highest BCUT2D eigenvalue weighted by atomic mass is 19.4. The molecule has 0 bridgehead atoms. The Morgan fingerprint density at radius 3 is 2.33 bits per heavy atom. The van der Waals surface area contributed by atoms with Gasteiger partial charge in [-0.15, -0.1) is 0 Å². The molecule has 24 heavy (non-hydrogen) atoms. The summed E-state index contributed by atoms with van der Waals surface area (Å²) >= 11 is 0. The molecule has 8 heteroatoms. The third-order valence-electron chi connectivity index (χ3n) is 4.00. The Labute approximate surface area is 138 Å². The van der Waals surface area contributed by atoms with Crippen LogP contribution in [0.5, 0.6) is 0 Å². The summed E-state index contributed by atoms with van der Waals surface area (Å²) < 4.78 is 50.7. The first-order valence-electron chi connectivity index (χ1n) is 7.67. The van der Waals surface area contributed by atoms with E-state index in [0.29, 0.717) is 5.56 Å². The fourth-order valence-electron chi connectivity index (χ4n) is 2.89. The molecule has 1 heterocycles. The summed E-state index contributed by atoms with van der Waals surface area (Å²) in [6.07, 6.45) is -4.24. The number of rotatable bonds is 4. The SMILES string of the molecule is CN(C)C(C(=O)N1CCN(CC(F)(F)F)CC1)c1cccc(F)c1. The number of hydrogen-bond acceptors (Lipinski definition) is 3. The van der Waals surface area contributed by atoms with E-state index in [1.807, 2.05) is 0 Å². The standard InChI is InChI=1S/C16H21F4N3O/c1-21(2)14(12-4-3-5-13(17)10-12)15(24)23-8-6-22(7-9-23)11-16(18,19)20/h3-5,10,14H,6-9,11H2,1-2H3. The van der Waals surface area contributed by atoms with E-state index in [4.69, 9.17) is 0 Å². The van der Waals surface area contributed by atoms with Crippen LogP contribution in [0.3, 0.4) is 0 Å². The van der Waals surface area contributed by atoms with E-state index < -0.39 is 24.6 Å². The predicted molar refractivity (Wildman–Crippen MR) is 81.9 cm³/mol. The average molecular weight is 347 g/mol.